The van der Waals surface area contributed by atoms with Crippen LogP contribution in [0.4, 0.5) is 5.69 Å². The van der Waals surface area contributed by atoms with E-state index in [0.29, 0.717) is 36.2 Å². The maximum absolute atomic E-state index is 13.3. The number of benzene rings is 1. The highest BCUT2D eigenvalue weighted by Crippen LogP contribution is 2.34. The van der Waals surface area contributed by atoms with Crippen LogP contribution in [0.25, 0.3) is 11.6 Å². The van der Waals surface area contributed by atoms with Crippen molar-refractivity contribution in [1.82, 2.24) is 25.5 Å². The Hall–Kier alpha value is -3.89. The topological polar surface area (TPSA) is 125 Å². The van der Waals surface area contributed by atoms with E-state index >= 15 is 0 Å². The van der Waals surface area contributed by atoms with E-state index < -0.39 is 0 Å². The summed E-state index contributed by atoms with van der Waals surface area (Å²) in [5.74, 6) is 2.04. The first-order valence-electron chi connectivity index (χ1n) is 11.4. The van der Waals surface area contributed by atoms with Crippen LogP contribution in [-0.4, -0.2) is 57.8 Å². The molecule has 3 aromatic rings. The molecule has 3 heterocycles. The standard InChI is InChI=1S/C23H26N6O5/c1-15-6-8-19(34-15)23-25-27-29(26-23)14-22(31)28(13-21(30)24-16-4-2-3-5-16)17-7-9-18-20(12-17)33-11-10-32-18/h6-9,12,16H,2-5,10-11,13-14H2,1H3,(H,24,30). The number of tetrazole rings is 1. The molecule has 1 aromatic carbocycles. The molecule has 0 radical (unpaired) electrons. The van der Waals surface area contributed by atoms with E-state index in [1.54, 1.807) is 30.3 Å². The summed E-state index contributed by atoms with van der Waals surface area (Å²) in [5, 5.41) is 15.2. The van der Waals surface area contributed by atoms with Crippen LogP contribution in [0.5, 0.6) is 11.5 Å². The van der Waals surface area contributed by atoms with Gasteiger partial charge in [0.2, 0.25) is 11.7 Å². The molecule has 2 aliphatic rings. The smallest absolute Gasteiger partial charge is 0.251 e. The fourth-order valence-corrected chi connectivity index (χ4v) is 4.18. The van der Waals surface area contributed by atoms with Gasteiger partial charge in [0.1, 0.15) is 32.1 Å². The van der Waals surface area contributed by atoms with Crippen LogP contribution in [-0.2, 0) is 16.1 Å². The number of aromatic nitrogens is 4. The SMILES string of the molecule is Cc1ccc(-c2nnn(CC(=O)N(CC(=O)NC3CCCC3)c3ccc4c(c3)OCCO4)n2)o1. The number of amides is 2. The number of aryl methyl sites for hydroxylation is 1. The van der Waals surface area contributed by atoms with Gasteiger partial charge in [-0.25, -0.2) is 0 Å². The van der Waals surface area contributed by atoms with Crippen LogP contribution in [0, 0.1) is 6.92 Å². The van der Waals surface area contributed by atoms with Crippen molar-refractivity contribution in [2.75, 3.05) is 24.7 Å². The van der Waals surface area contributed by atoms with Crippen LogP contribution in [0.3, 0.4) is 0 Å². The van der Waals surface area contributed by atoms with Crippen molar-refractivity contribution in [1.29, 1.82) is 0 Å². The van der Waals surface area contributed by atoms with E-state index in [9.17, 15) is 9.59 Å². The van der Waals surface area contributed by atoms with Gasteiger partial charge in [-0.05, 0) is 49.2 Å². The molecule has 1 saturated carbocycles. The number of hydrogen-bond donors (Lipinski definition) is 1. The molecule has 1 N–H and O–H groups in total. The third-order valence-electron chi connectivity index (χ3n) is 5.85. The normalized spacial score (nSPS) is 15.3. The number of carbonyl (C=O) groups excluding carboxylic acids is 2. The molecule has 1 fully saturated rings. The van der Waals surface area contributed by atoms with Gasteiger partial charge in [-0.2, -0.15) is 4.80 Å². The number of fused-ring (bicyclic) bond motifs is 1. The first kappa shape index (κ1) is 21.9. The van der Waals surface area contributed by atoms with Crippen molar-refractivity contribution in [3.8, 4) is 23.1 Å². The third-order valence-corrected chi connectivity index (χ3v) is 5.85. The number of anilines is 1. The molecule has 0 saturated heterocycles. The summed E-state index contributed by atoms with van der Waals surface area (Å²) in [7, 11) is 0. The van der Waals surface area contributed by atoms with Gasteiger partial charge in [0.25, 0.3) is 5.91 Å². The zero-order valence-electron chi connectivity index (χ0n) is 18.9. The van der Waals surface area contributed by atoms with Crippen molar-refractivity contribution in [2.45, 2.75) is 45.2 Å². The molecule has 0 atom stereocenters. The number of hydrogen-bond acceptors (Lipinski definition) is 8. The fraction of sp³-hybridized carbons (Fsp3) is 0.435. The predicted molar refractivity (Wildman–Crippen MR) is 120 cm³/mol. The maximum Gasteiger partial charge on any atom is 0.251 e. The summed E-state index contributed by atoms with van der Waals surface area (Å²) in [6.07, 6.45) is 4.12. The molecular formula is C23H26N6O5. The zero-order chi connectivity index (χ0) is 23.5. The molecule has 11 heteroatoms. The number of ether oxygens (including phenoxy) is 2. The molecule has 2 amide bonds. The molecule has 11 nitrogen and oxygen atoms in total. The lowest BCUT2D eigenvalue weighted by Gasteiger charge is -2.25. The average molecular weight is 466 g/mol. The molecule has 0 bridgehead atoms. The van der Waals surface area contributed by atoms with E-state index in [4.69, 9.17) is 13.9 Å². The highest BCUT2D eigenvalue weighted by Gasteiger charge is 2.25. The van der Waals surface area contributed by atoms with E-state index in [1.165, 1.54) is 9.70 Å². The summed E-state index contributed by atoms with van der Waals surface area (Å²) >= 11 is 0. The van der Waals surface area contributed by atoms with Gasteiger partial charge in [-0.1, -0.05) is 12.8 Å². The Morgan fingerprint density at radius 3 is 2.68 bits per heavy atom. The first-order valence-corrected chi connectivity index (χ1v) is 11.4. The van der Waals surface area contributed by atoms with E-state index in [-0.39, 0.29) is 36.8 Å². The maximum atomic E-state index is 13.3. The monoisotopic (exact) mass is 466 g/mol. The summed E-state index contributed by atoms with van der Waals surface area (Å²) in [6.45, 7) is 2.38. The van der Waals surface area contributed by atoms with Crippen LogP contribution in [0.2, 0.25) is 0 Å². The Labute approximate surface area is 196 Å². The minimum absolute atomic E-state index is 0.131. The number of nitrogens with one attached hydrogen (secondary N) is 1. The molecule has 1 aliphatic heterocycles. The van der Waals surface area contributed by atoms with Gasteiger partial charge < -0.3 is 24.1 Å². The summed E-state index contributed by atoms with van der Waals surface area (Å²) in [5.41, 5.74) is 0.526. The molecule has 1 aliphatic carbocycles. The second kappa shape index (κ2) is 9.54. The van der Waals surface area contributed by atoms with Crippen LogP contribution < -0.4 is 19.7 Å². The van der Waals surface area contributed by atoms with Crippen molar-refractivity contribution in [2.24, 2.45) is 0 Å². The number of furan rings is 1. The van der Waals surface area contributed by atoms with Crippen LogP contribution >= 0.6 is 0 Å². The summed E-state index contributed by atoms with van der Waals surface area (Å²) in [6, 6.07) is 8.88. The molecule has 178 valence electrons. The summed E-state index contributed by atoms with van der Waals surface area (Å²) in [4.78, 5) is 28.7. The minimum Gasteiger partial charge on any atom is -0.486 e. The van der Waals surface area contributed by atoms with Crippen molar-refractivity contribution < 1.29 is 23.5 Å². The minimum atomic E-state index is -0.363. The van der Waals surface area contributed by atoms with Gasteiger partial charge in [0.05, 0.1) is 0 Å². The zero-order valence-corrected chi connectivity index (χ0v) is 18.9. The molecular weight excluding hydrogens is 440 g/mol. The van der Waals surface area contributed by atoms with Gasteiger partial charge in [-0.15, -0.1) is 10.2 Å². The van der Waals surface area contributed by atoms with Crippen LogP contribution in [0.15, 0.2) is 34.7 Å². The first-order chi connectivity index (χ1) is 16.5. The lowest BCUT2D eigenvalue weighted by atomic mass is 10.2. The lowest BCUT2D eigenvalue weighted by Crippen LogP contribution is -2.45. The second-order valence-electron chi connectivity index (χ2n) is 8.41. The van der Waals surface area contributed by atoms with Gasteiger partial charge in [0, 0.05) is 17.8 Å². The Bertz CT molecular complexity index is 1180. The van der Waals surface area contributed by atoms with Gasteiger partial charge >= 0.3 is 0 Å². The lowest BCUT2D eigenvalue weighted by molar-refractivity contribution is -0.124. The molecule has 34 heavy (non-hydrogen) atoms. The third kappa shape index (κ3) is 4.87. The Kier molecular flexibility index (Phi) is 6.15. The molecule has 5 rings (SSSR count). The highest BCUT2D eigenvalue weighted by molar-refractivity contribution is 5.98. The van der Waals surface area contributed by atoms with E-state index in [1.807, 2.05) is 6.92 Å². The number of nitrogens with zero attached hydrogens (tertiary/aromatic N) is 5. The predicted octanol–water partition coefficient (Wildman–Crippen LogP) is 2.10. The quantitative estimate of drug-likeness (QED) is 0.561. The van der Waals surface area contributed by atoms with Gasteiger partial charge in [-0.3, -0.25) is 9.59 Å². The molecule has 0 spiro atoms. The largest absolute Gasteiger partial charge is 0.486 e. The van der Waals surface area contributed by atoms with Crippen molar-refractivity contribution in [3.63, 3.8) is 0 Å². The summed E-state index contributed by atoms with van der Waals surface area (Å²) < 4.78 is 16.8. The second-order valence-corrected chi connectivity index (χ2v) is 8.41. The Morgan fingerprint density at radius 2 is 1.91 bits per heavy atom. The van der Waals surface area contributed by atoms with Crippen molar-refractivity contribution >= 4 is 17.5 Å². The van der Waals surface area contributed by atoms with Gasteiger partial charge in [0.15, 0.2) is 17.3 Å². The van der Waals surface area contributed by atoms with Crippen molar-refractivity contribution in [3.05, 3.63) is 36.1 Å². The van der Waals surface area contributed by atoms with Crippen LogP contribution in [0.1, 0.15) is 31.4 Å². The molecule has 0 unspecified atom stereocenters. The average Bonchev–Trinajstić information content (AvgIpc) is 3.60. The molecule has 2 aromatic heterocycles. The fourth-order valence-electron chi connectivity index (χ4n) is 4.18. The van der Waals surface area contributed by atoms with E-state index in [2.05, 4.69) is 20.7 Å². The van der Waals surface area contributed by atoms with E-state index in [0.717, 1.165) is 31.4 Å². The number of carbonyl (C=O) groups is 2. The Balaban J connectivity index is 1.35. The Morgan fingerprint density at radius 1 is 1.12 bits per heavy atom. The highest BCUT2D eigenvalue weighted by atomic mass is 16.6. The number of rotatable bonds is 7.